The zero-order chi connectivity index (χ0) is 22.7. The number of ether oxygens (including phenoxy) is 1. The topological polar surface area (TPSA) is 85.0 Å². The van der Waals surface area contributed by atoms with E-state index in [1.165, 1.54) is 11.9 Å². The predicted molar refractivity (Wildman–Crippen MR) is 125 cm³/mol. The van der Waals surface area contributed by atoms with Crippen LogP contribution in [0.1, 0.15) is 35.9 Å². The van der Waals surface area contributed by atoms with E-state index in [2.05, 4.69) is 38.4 Å². The van der Waals surface area contributed by atoms with Gasteiger partial charge in [0.15, 0.2) is 0 Å². The van der Waals surface area contributed by atoms with Crippen LogP contribution in [0.4, 0.5) is 0 Å². The van der Waals surface area contributed by atoms with Crippen molar-refractivity contribution in [2.24, 2.45) is 5.10 Å². The lowest BCUT2D eigenvalue weighted by Crippen LogP contribution is -2.25. The Morgan fingerprint density at radius 2 is 1.61 bits per heavy atom. The average Bonchev–Trinajstić information content (AvgIpc) is 3.42. The molecule has 1 aliphatic heterocycles. The minimum absolute atomic E-state index is 0.190. The van der Waals surface area contributed by atoms with Crippen LogP contribution in [0.5, 0.6) is 0 Å². The molecule has 8 nitrogen and oxygen atoms in total. The van der Waals surface area contributed by atoms with Crippen molar-refractivity contribution in [1.29, 1.82) is 0 Å². The zero-order valence-electron chi connectivity index (χ0n) is 18.4. The number of aromatic nitrogens is 4. The molecule has 6 rings (SSSR count). The van der Waals surface area contributed by atoms with E-state index in [-0.39, 0.29) is 17.6 Å². The van der Waals surface area contributed by atoms with Crippen LogP contribution in [-0.2, 0) is 9.53 Å². The molecule has 0 spiro atoms. The summed E-state index contributed by atoms with van der Waals surface area (Å²) in [5.41, 5.74) is 2.63. The SMILES string of the molecule is CC(=O)N1N=C(c2nc3nc(C)cc(C)n3n2)OC1c1c2ccccc2cc2ccccc12. The van der Waals surface area contributed by atoms with Crippen LogP contribution in [0.3, 0.4) is 0 Å². The Morgan fingerprint density at radius 3 is 2.27 bits per heavy atom. The van der Waals surface area contributed by atoms with Crippen LogP contribution in [0.15, 0.2) is 65.8 Å². The third-order valence-corrected chi connectivity index (χ3v) is 5.84. The number of hydrazone groups is 1. The number of aryl methyl sites for hydroxylation is 2. The van der Waals surface area contributed by atoms with Gasteiger partial charge >= 0.3 is 0 Å². The summed E-state index contributed by atoms with van der Waals surface area (Å²) in [4.78, 5) is 21.6. The van der Waals surface area contributed by atoms with Crippen molar-refractivity contribution < 1.29 is 9.53 Å². The third kappa shape index (κ3) is 3.02. The Morgan fingerprint density at radius 1 is 0.939 bits per heavy atom. The van der Waals surface area contributed by atoms with Crippen molar-refractivity contribution in [2.75, 3.05) is 0 Å². The van der Waals surface area contributed by atoms with Gasteiger partial charge in [-0.25, -0.2) is 9.50 Å². The Hall–Kier alpha value is -4.33. The Bertz CT molecular complexity index is 1570. The first kappa shape index (κ1) is 19.4. The molecule has 1 aliphatic rings. The van der Waals surface area contributed by atoms with Gasteiger partial charge in [-0.1, -0.05) is 48.5 Å². The van der Waals surface area contributed by atoms with Crippen LogP contribution >= 0.6 is 0 Å². The highest BCUT2D eigenvalue weighted by atomic mass is 16.5. The molecule has 33 heavy (non-hydrogen) atoms. The molecule has 8 heteroatoms. The highest BCUT2D eigenvalue weighted by Crippen LogP contribution is 2.39. The van der Waals surface area contributed by atoms with E-state index < -0.39 is 6.23 Å². The number of rotatable bonds is 2. The van der Waals surface area contributed by atoms with E-state index in [4.69, 9.17) is 4.74 Å². The summed E-state index contributed by atoms with van der Waals surface area (Å²) in [5.74, 6) is 0.701. The van der Waals surface area contributed by atoms with Gasteiger partial charge in [0, 0.05) is 23.9 Å². The number of carbonyl (C=O) groups excluding carboxylic acids is 1. The molecule has 0 saturated heterocycles. The van der Waals surface area contributed by atoms with E-state index in [9.17, 15) is 4.79 Å². The Kier molecular flexibility index (Phi) is 4.16. The number of nitrogens with zero attached hydrogens (tertiary/aromatic N) is 6. The first-order chi connectivity index (χ1) is 16.0. The molecule has 3 heterocycles. The van der Waals surface area contributed by atoms with Crippen molar-refractivity contribution in [2.45, 2.75) is 27.0 Å². The summed E-state index contributed by atoms with van der Waals surface area (Å²) in [5, 5.41) is 14.5. The molecular weight excluding hydrogens is 416 g/mol. The molecule has 3 aromatic carbocycles. The van der Waals surface area contributed by atoms with Crippen LogP contribution in [0.2, 0.25) is 0 Å². The summed E-state index contributed by atoms with van der Waals surface area (Å²) in [7, 11) is 0. The van der Waals surface area contributed by atoms with Crippen molar-refractivity contribution in [1.82, 2.24) is 24.6 Å². The van der Waals surface area contributed by atoms with Crippen LogP contribution < -0.4 is 0 Å². The normalized spacial score (nSPS) is 15.9. The number of carbonyl (C=O) groups is 1. The second-order valence-corrected chi connectivity index (χ2v) is 8.16. The number of benzene rings is 3. The molecule has 0 radical (unpaired) electrons. The van der Waals surface area contributed by atoms with Gasteiger partial charge in [0.05, 0.1) is 0 Å². The van der Waals surface area contributed by atoms with Crippen molar-refractivity contribution in [3.8, 4) is 0 Å². The van der Waals surface area contributed by atoms with Crippen LogP contribution in [0.25, 0.3) is 27.3 Å². The van der Waals surface area contributed by atoms with Gasteiger partial charge in [-0.3, -0.25) is 4.79 Å². The fraction of sp³-hybridized carbons (Fsp3) is 0.160. The maximum atomic E-state index is 12.6. The van der Waals surface area contributed by atoms with Gasteiger partial charge in [-0.2, -0.15) is 9.99 Å². The van der Waals surface area contributed by atoms with E-state index in [0.29, 0.717) is 5.78 Å². The average molecular weight is 436 g/mol. The van der Waals surface area contributed by atoms with Crippen molar-refractivity contribution >= 4 is 39.1 Å². The van der Waals surface area contributed by atoms with Crippen LogP contribution in [-0.4, -0.2) is 36.4 Å². The second kappa shape index (κ2) is 7.09. The minimum atomic E-state index is -0.740. The molecule has 0 saturated carbocycles. The van der Waals surface area contributed by atoms with Gasteiger partial charge in [0.1, 0.15) is 0 Å². The molecule has 1 atom stereocenters. The lowest BCUT2D eigenvalue weighted by atomic mass is 9.95. The summed E-state index contributed by atoms with van der Waals surface area (Å²) in [6.07, 6.45) is -0.740. The van der Waals surface area contributed by atoms with Gasteiger partial charge in [-0.15, -0.1) is 10.2 Å². The second-order valence-electron chi connectivity index (χ2n) is 8.16. The smallest absolute Gasteiger partial charge is 0.281 e. The molecule has 0 fully saturated rings. The quantitative estimate of drug-likeness (QED) is 0.386. The molecule has 0 N–H and O–H groups in total. The molecule has 1 unspecified atom stereocenters. The Balaban J connectivity index is 1.53. The van der Waals surface area contributed by atoms with E-state index >= 15 is 0 Å². The number of amides is 1. The van der Waals surface area contributed by atoms with E-state index in [1.54, 1.807) is 4.52 Å². The fourth-order valence-corrected chi connectivity index (χ4v) is 4.42. The monoisotopic (exact) mass is 436 g/mol. The van der Waals surface area contributed by atoms with E-state index in [0.717, 1.165) is 38.5 Å². The van der Waals surface area contributed by atoms with Gasteiger partial charge in [-0.05, 0) is 47.5 Å². The van der Waals surface area contributed by atoms with E-state index in [1.807, 2.05) is 56.3 Å². The standard InChI is InChI=1S/C25H20N6O2/c1-14-12-15(2)30-25(26-14)27-22(28-30)23-29-31(16(3)32)24(33-23)21-19-10-6-4-8-17(19)13-18-9-5-7-11-20(18)21/h4-13,24H,1-3H3. The summed E-state index contributed by atoms with van der Waals surface area (Å²) >= 11 is 0. The highest BCUT2D eigenvalue weighted by molar-refractivity contribution is 6.03. The predicted octanol–water partition coefficient (Wildman–Crippen LogP) is 4.29. The van der Waals surface area contributed by atoms with Crippen molar-refractivity contribution in [3.63, 3.8) is 0 Å². The number of hydrogen-bond acceptors (Lipinski definition) is 6. The number of hydrogen-bond donors (Lipinski definition) is 0. The highest BCUT2D eigenvalue weighted by Gasteiger charge is 2.37. The lowest BCUT2D eigenvalue weighted by molar-refractivity contribution is -0.135. The lowest BCUT2D eigenvalue weighted by Gasteiger charge is -2.22. The number of fused-ring (bicyclic) bond motifs is 3. The zero-order valence-corrected chi connectivity index (χ0v) is 18.4. The fourth-order valence-electron chi connectivity index (χ4n) is 4.42. The summed E-state index contributed by atoms with van der Waals surface area (Å²) in [6.45, 7) is 5.32. The Labute approximate surface area is 189 Å². The molecule has 0 aliphatic carbocycles. The molecule has 162 valence electrons. The molecule has 1 amide bonds. The summed E-state index contributed by atoms with van der Waals surface area (Å²) < 4.78 is 7.96. The maximum absolute atomic E-state index is 12.6. The molecular formula is C25H20N6O2. The van der Waals surface area contributed by atoms with Gasteiger partial charge < -0.3 is 4.74 Å². The first-order valence-electron chi connectivity index (χ1n) is 10.7. The molecule has 2 aromatic heterocycles. The first-order valence-corrected chi connectivity index (χ1v) is 10.7. The largest absolute Gasteiger partial charge is 0.443 e. The molecule has 0 bridgehead atoms. The summed E-state index contributed by atoms with van der Waals surface area (Å²) in [6, 6.07) is 20.2. The third-order valence-electron chi connectivity index (χ3n) is 5.84. The van der Waals surface area contributed by atoms with Gasteiger partial charge in [0.2, 0.25) is 18.0 Å². The maximum Gasteiger partial charge on any atom is 0.281 e. The van der Waals surface area contributed by atoms with Crippen LogP contribution in [0, 0.1) is 13.8 Å². The van der Waals surface area contributed by atoms with Crippen molar-refractivity contribution in [3.05, 3.63) is 83.4 Å². The minimum Gasteiger partial charge on any atom is -0.443 e. The molecule has 5 aromatic rings. The van der Waals surface area contributed by atoms with Gasteiger partial charge in [0.25, 0.3) is 11.7 Å².